The van der Waals surface area contributed by atoms with Gasteiger partial charge in [-0.25, -0.2) is 4.98 Å². The van der Waals surface area contributed by atoms with Gasteiger partial charge in [0.05, 0.1) is 4.92 Å². The zero-order valence-electron chi connectivity index (χ0n) is 15.3. The molecule has 1 saturated heterocycles. The van der Waals surface area contributed by atoms with Gasteiger partial charge in [-0.05, 0) is 25.0 Å². The number of nitro groups is 1. The Morgan fingerprint density at radius 2 is 2.11 bits per heavy atom. The molecule has 0 saturated carbocycles. The first-order valence-electron chi connectivity index (χ1n) is 8.55. The first-order chi connectivity index (χ1) is 12.5. The molecule has 1 aliphatic heterocycles. The van der Waals surface area contributed by atoms with Crippen molar-refractivity contribution in [3.8, 4) is 0 Å². The summed E-state index contributed by atoms with van der Waals surface area (Å²) in [5, 5.41) is 13.9. The predicted molar refractivity (Wildman–Crippen MR) is 112 cm³/mol. The van der Waals surface area contributed by atoms with Crippen LogP contribution in [-0.2, 0) is 6.42 Å². The Balaban J connectivity index is 0.00000196. The van der Waals surface area contributed by atoms with E-state index >= 15 is 0 Å². The number of anilines is 3. The third kappa shape index (κ3) is 5.63. The van der Waals surface area contributed by atoms with Gasteiger partial charge in [-0.15, -0.1) is 24.8 Å². The number of nitrogens with two attached hydrogens (primary N) is 1. The van der Waals surface area contributed by atoms with E-state index in [9.17, 15) is 14.5 Å². The summed E-state index contributed by atoms with van der Waals surface area (Å²) in [4.78, 5) is 21.2. The van der Waals surface area contributed by atoms with Gasteiger partial charge in [0.15, 0.2) is 0 Å². The summed E-state index contributed by atoms with van der Waals surface area (Å²) in [5.74, 6) is 0.218. The minimum atomic E-state index is -0.882. The molecule has 0 bridgehead atoms. The maximum Gasteiger partial charge on any atom is 0.306 e. The maximum atomic E-state index is 13.5. The Hall–Kier alpha value is -2.23. The molecule has 1 aromatic heterocycles. The van der Waals surface area contributed by atoms with Gasteiger partial charge in [-0.3, -0.25) is 10.1 Å². The van der Waals surface area contributed by atoms with Gasteiger partial charge < -0.3 is 16.0 Å². The highest BCUT2D eigenvalue weighted by molar-refractivity contribution is 5.85. The number of nitrogens with zero attached hydrogens (tertiary/aromatic N) is 4. The molecular weight excluding hydrogens is 410 g/mol. The van der Waals surface area contributed by atoms with Crippen LogP contribution in [0.1, 0.15) is 25.5 Å². The van der Waals surface area contributed by atoms with E-state index in [-0.39, 0.29) is 30.9 Å². The number of rotatable bonds is 6. The van der Waals surface area contributed by atoms with E-state index in [1.807, 2.05) is 6.07 Å². The van der Waals surface area contributed by atoms with Crippen LogP contribution in [0.2, 0.25) is 0 Å². The SMILES string of the molecule is CCCc1cc(N2CCC(N)C2)nc(Nc2ccc(F)c([N+](=O)[O-])c2)n1.Cl.Cl. The zero-order chi connectivity index (χ0) is 18.7. The summed E-state index contributed by atoms with van der Waals surface area (Å²) in [7, 11) is 0. The molecule has 28 heavy (non-hydrogen) atoms. The molecule has 1 unspecified atom stereocenters. The first-order valence-corrected chi connectivity index (χ1v) is 8.55. The fourth-order valence-electron chi connectivity index (χ4n) is 2.94. The highest BCUT2D eigenvalue weighted by Crippen LogP contribution is 2.25. The lowest BCUT2D eigenvalue weighted by Crippen LogP contribution is -2.27. The molecule has 0 aliphatic carbocycles. The maximum absolute atomic E-state index is 13.5. The van der Waals surface area contributed by atoms with Crippen LogP contribution >= 0.6 is 24.8 Å². The molecule has 3 N–H and O–H groups in total. The molecule has 2 heterocycles. The van der Waals surface area contributed by atoms with Crippen molar-refractivity contribution >= 4 is 48.0 Å². The van der Waals surface area contributed by atoms with Gasteiger partial charge in [-0.1, -0.05) is 13.3 Å². The summed E-state index contributed by atoms with van der Waals surface area (Å²) in [6, 6.07) is 5.67. The number of aromatic nitrogens is 2. The van der Waals surface area contributed by atoms with Gasteiger partial charge in [0.1, 0.15) is 5.82 Å². The zero-order valence-corrected chi connectivity index (χ0v) is 16.9. The topological polar surface area (TPSA) is 110 Å². The van der Waals surface area contributed by atoms with Crippen molar-refractivity contribution in [1.82, 2.24) is 9.97 Å². The molecule has 0 radical (unpaired) electrons. The van der Waals surface area contributed by atoms with Crippen molar-refractivity contribution in [3.05, 3.63) is 45.9 Å². The fourth-order valence-corrected chi connectivity index (χ4v) is 2.94. The molecule has 11 heteroatoms. The van der Waals surface area contributed by atoms with E-state index < -0.39 is 16.4 Å². The van der Waals surface area contributed by atoms with E-state index in [0.717, 1.165) is 56.0 Å². The van der Waals surface area contributed by atoms with E-state index in [0.29, 0.717) is 11.6 Å². The Morgan fingerprint density at radius 1 is 1.36 bits per heavy atom. The fraction of sp³-hybridized carbons (Fsp3) is 0.412. The lowest BCUT2D eigenvalue weighted by atomic mass is 10.2. The van der Waals surface area contributed by atoms with Gasteiger partial charge in [0.25, 0.3) is 0 Å². The van der Waals surface area contributed by atoms with Crippen LogP contribution in [0.3, 0.4) is 0 Å². The van der Waals surface area contributed by atoms with Gasteiger partial charge in [0.2, 0.25) is 11.8 Å². The molecule has 0 amide bonds. The number of aryl methyl sites for hydroxylation is 1. The monoisotopic (exact) mass is 432 g/mol. The van der Waals surface area contributed by atoms with Crippen LogP contribution in [0.4, 0.5) is 27.5 Å². The largest absolute Gasteiger partial charge is 0.355 e. The van der Waals surface area contributed by atoms with Crippen LogP contribution in [0.15, 0.2) is 24.3 Å². The van der Waals surface area contributed by atoms with Crippen molar-refractivity contribution < 1.29 is 9.31 Å². The molecule has 0 spiro atoms. The Labute approximate surface area is 174 Å². The van der Waals surface area contributed by atoms with E-state index in [4.69, 9.17) is 5.73 Å². The third-order valence-corrected chi connectivity index (χ3v) is 4.22. The van der Waals surface area contributed by atoms with Crippen molar-refractivity contribution in [3.63, 3.8) is 0 Å². The van der Waals surface area contributed by atoms with Gasteiger partial charge in [0, 0.05) is 42.6 Å². The normalized spacial score (nSPS) is 15.5. The van der Waals surface area contributed by atoms with E-state index in [1.165, 1.54) is 6.07 Å². The highest BCUT2D eigenvalue weighted by atomic mass is 35.5. The minimum absolute atomic E-state index is 0. The van der Waals surface area contributed by atoms with Crippen molar-refractivity contribution in [1.29, 1.82) is 0 Å². The second-order valence-electron chi connectivity index (χ2n) is 6.33. The van der Waals surface area contributed by atoms with Crippen molar-refractivity contribution in [2.45, 2.75) is 32.2 Å². The van der Waals surface area contributed by atoms with E-state index in [1.54, 1.807) is 0 Å². The molecule has 1 atom stereocenters. The average Bonchev–Trinajstić information content (AvgIpc) is 3.03. The van der Waals surface area contributed by atoms with Crippen LogP contribution in [-0.4, -0.2) is 34.0 Å². The first kappa shape index (κ1) is 23.8. The summed E-state index contributed by atoms with van der Waals surface area (Å²) in [6.45, 7) is 3.61. The number of halogens is 3. The summed E-state index contributed by atoms with van der Waals surface area (Å²) >= 11 is 0. The molecule has 154 valence electrons. The summed E-state index contributed by atoms with van der Waals surface area (Å²) in [6.07, 6.45) is 2.62. The van der Waals surface area contributed by atoms with Gasteiger partial charge in [-0.2, -0.15) is 9.37 Å². The second kappa shape index (κ2) is 10.4. The Kier molecular flexibility index (Phi) is 8.80. The number of hydrogen-bond donors (Lipinski definition) is 2. The standard InChI is InChI=1S/C17H21FN6O2.2ClH/c1-2-3-12-9-16(23-7-6-11(19)10-23)22-17(20-12)21-13-4-5-14(18)15(8-13)24(25)26;;/h4-5,8-9,11H,2-3,6-7,10,19H2,1H3,(H,20,21,22);2*1H. The quantitative estimate of drug-likeness (QED) is 0.529. The minimum Gasteiger partial charge on any atom is -0.355 e. The molecule has 3 rings (SSSR count). The Morgan fingerprint density at radius 3 is 2.71 bits per heavy atom. The smallest absolute Gasteiger partial charge is 0.306 e. The number of hydrogen-bond acceptors (Lipinski definition) is 7. The lowest BCUT2D eigenvalue weighted by Gasteiger charge is -2.18. The summed E-state index contributed by atoms with van der Waals surface area (Å²) < 4.78 is 13.5. The molecule has 1 aliphatic rings. The van der Waals surface area contributed by atoms with Crippen molar-refractivity contribution in [2.75, 3.05) is 23.3 Å². The molecule has 2 aromatic rings. The number of nitro benzene ring substituents is 1. The average molecular weight is 433 g/mol. The van der Waals surface area contributed by atoms with E-state index in [2.05, 4.69) is 27.1 Å². The molecule has 1 fully saturated rings. The summed E-state index contributed by atoms with van der Waals surface area (Å²) in [5.41, 5.74) is 6.62. The van der Waals surface area contributed by atoms with Gasteiger partial charge >= 0.3 is 5.69 Å². The Bertz CT molecular complexity index is 826. The van der Waals surface area contributed by atoms with Crippen LogP contribution in [0.25, 0.3) is 0 Å². The predicted octanol–water partition coefficient (Wildman–Crippen LogP) is 3.60. The van der Waals surface area contributed by atoms with Crippen molar-refractivity contribution in [2.24, 2.45) is 5.73 Å². The van der Waals surface area contributed by atoms with Crippen LogP contribution in [0, 0.1) is 15.9 Å². The molecule has 8 nitrogen and oxygen atoms in total. The van der Waals surface area contributed by atoms with Crippen LogP contribution in [0.5, 0.6) is 0 Å². The molecular formula is C17H23Cl2FN6O2. The number of benzene rings is 1. The lowest BCUT2D eigenvalue weighted by molar-refractivity contribution is -0.387. The number of nitrogens with one attached hydrogen (secondary N) is 1. The highest BCUT2D eigenvalue weighted by Gasteiger charge is 2.22. The molecule has 1 aromatic carbocycles. The van der Waals surface area contributed by atoms with Crippen LogP contribution < -0.4 is 16.0 Å². The third-order valence-electron chi connectivity index (χ3n) is 4.22. The second-order valence-corrected chi connectivity index (χ2v) is 6.33.